The zero-order valence-electron chi connectivity index (χ0n) is 8.40. The van der Waals surface area contributed by atoms with Crippen LogP contribution >= 0.6 is 11.3 Å². The number of nitrogens with one attached hydrogen (secondary N) is 1. The van der Waals surface area contributed by atoms with Crippen LogP contribution in [0.5, 0.6) is 0 Å². The molecule has 0 unspecified atom stereocenters. The lowest BCUT2D eigenvalue weighted by Crippen LogP contribution is -1.86. The van der Waals surface area contributed by atoms with Crippen molar-refractivity contribution in [2.45, 2.75) is 6.92 Å². The van der Waals surface area contributed by atoms with Gasteiger partial charge in [0.05, 0.1) is 11.4 Å². The highest BCUT2D eigenvalue weighted by molar-refractivity contribution is 7.14. The second kappa shape index (κ2) is 3.42. The molecule has 2 rings (SSSR count). The van der Waals surface area contributed by atoms with Gasteiger partial charge in [0.15, 0.2) is 5.13 Å². The number of rotatable bonds is 2. The van der Waals surface area contributed by atoms with Crippen LogP contribution in [0.1, 0.15) is 5.69 Å². The van der Waals surface area contributed by atoms with Crippen molar-refractivity contribution in [3.05, 3.63) is 17.3 Å². The molecule has 0 radical (unpaired) electrons. The Hall–Kier alpha value is -1.36. The number of hydrogen-bond donors (Lipinski definition) is 1. The maximum atomic E-state index is 4.43. The van der Waals surface area contributed by atoms with Crippen LogP contribution in [0, 0.1) is 6.92 Å². The molecular weight excluding hydrogens is 196 g/mol. The third-order valence-corrected chi connectivity index (χ3v) is 2.87. The molecule has 0 spiro atoms. The molecule has 0 bridgehead atoms. The highest BCUT2D eigenvalue weighted by Crippen LogP contribution is 2.26. The second-order valence-electron chi connectivity index (χ2n) is 3.09. The van der Waals surface area contributed by atoms with Crippen molar-refractivity contribution >= 4 is 16.5 Å². The van der Waals surface area contributed by atoms with E-state index in [2.05, 4.69) is 15.4 Å². The Bertz CT molecular complexity index is 443. The van der Waals surface area contributed by atoms with E-state index in [1.165, 1.54) is 0 Å². The molecule has 0 fully saturated rings. The molecule has 0 aliphatic carbocycles. The fourth-order valence-electron chi connectivity index (χ4n) is 1.36. The summed E-state index contributed by atoms with van der Waals surface area (Å²) in [4.78, 5) is 4.43. The molecule has 0 saturated carbocycles. The standard InChI is InChI=1S/C9H12N4S/c1-6-7(4-13(3)12-6)8-5-14-9(10-2)11-8/h4-5H,1-3H3,(H,10,11). The molecular formula is C9H12N4S. The normalized spacial score (nSPS) is 10.5. The summed E-state index contributed by atoms with van der Waals surface area (Å²) in [5, 5.41) is 10.3. The Morgan fingerprint density at radius 3 is 2.79 bits per heavy atom. The zero-order valence-corrected chi connectivity index (χ0v) is 9.22. The van der Waals surface area contributed by atoms with E-state index in [9.17, 15) is 0 Å². The summed E-state index contributed by atoms with van der Waals surface area (Å²) >= 11 is 1.60. The van der Waals surface area contributed by atoms with Crippen molar-refractivity contribution in [1.82, 2.24) is 14.8 Å². The first-order chi connectivity index (χ1) is 6.70. The van der Waals surface area contributed by atoms with Gasteiger partial charge in [0.2, 0.25) is 0 Å². The second-order valence-corrected chi connectivity index (χ2v) is 3.95. The molecule has 0 atom stereocenters. The van der Waals surface area contributed by atoms with Gasteiger partial charge in [-0.3, -0.25) is 4.68 Å². The summed E-state index contributed by atoms with van der Waals surface area (Å²) < 4.78 is 1.81. The minimum absolute atomic E-state index is 0.934. The molecule has 74 valence electrons. The predicted molar refractivity (Wildman–Crippen MR) is 58.6 cm³/mol. The summed E-state index contributed by atoms with van der Waals surface area (Å²) in [6.07, 6.45) is 1.99. The van der Waals surface area contributed by atoms with Crippen molar-refractivity contribution in [2.75, 3.05) is 12.4 Å². The van der Waals surface area contributed by atoms with E-state index in [0.717, 1.165) is 22.1 Å². The van der Waals surface area contributed by atoms with E-state index in [-0.39, 0.29) is 0 Å². The van der Waals surface area contributed by atoms with Gasteiger partial charge in [0.25, 0.3) is 0 Å². The van der Waals surface area contributed by atoms with Crippen LogP contribution in [-0.4, -0.2) is 21.8 Å². The van der Waals surface area contributed by atoms with Crippen LogP contribution in [0.25, 0.3) is 11.3 Å². The smallest absolute Gasteiger partial charge is 0.182 e. The lowest BCUT2D eigenvalue weighted by atomic mass is 10.2. The molecule has 5 heteroatoms. The Labute approximate surface area is 86.6 Å². The van der Waals surface area contributed by atoms with Gasteiger partial charge < -0.3 is 5.32 Å². The van der Waals surface area contributed by atoms with Crippen LogP contribution in [0.2, 0.25) is 0 Å². The van der Waals surface area contributed by atoms with Gasteiger partial charge in [0, 0.05) is 31.2 Å². The number of aryl methyl sites for hydroxylation is 2. The summed E-state index contributed by atoms with van der Waals surface area (Å²) in [6, 6.07) is 0. The molecule has 0 aliphatic heterocycles. The van der Waals surface area contributed by atoms with Gasteiger partial charge in [-0.05, 0) is 6.92 Å². The van der Waals surface area contributed by atoms with Gasteiger partial charge in [-0.15, -0.1) is 11.3 Å². The fraction of sp³-hybridized carbons (Fsp3) is 0.333. The first-order valence-electron chi connectivity index (χ1n) is 4.34. The SMILES string of the molecule is CNc1nc(-c2cn(C)nc2C)cs1. The number of hydrogen-bond acceptors (Lipinski definition) is 4. The van der Waals surface area contributed by atoms with Gasteiger partial charge >= 0.3 is 0 Å². The highest BCUT2D eigenvalue weighted by atomic mass is 32.1. The van der Waals surface area contributed by atoms with Gasteiger partial charge in [-0.2, -0.15) is 5.10 Å². The third-order valence-electron chi connectivity index (χ3n) is 2.01. The average molecular weight is 208 g/mol. The topological polar surface area (TPSA) is 42.7 Å². The molecule has 2 aromatic heterocycles. The quantitative estimate of drug-likeness (QED) is 0.819. The minimum atomic E-state index is 0.934. The number of aromatic nitrogens is 3. The van der Waals surface area contributed by atoms with E-state index in [1.54, 1.807) is 11.3 Å². The number of anilines is 1. The van der Waals surface area contributed by atoms with Crippen LogP contribution in [0.3, 0.4) is 0 Å². The lowest BCUT2D eigenvalue weighted by molar-refractivity contribution is 0.756. The van der Waals surface area contributed by atoms with Crippen molar-refractivity contribution in [1.29, 1.82) is 0 Å². The molecule has 1 N–H and O–H groups in total. The number of nitrogens with zero attached hydrogens (tertiary/aromatic N) is 3. The van der Waals surface area contributed by atoms with Crippen molar-refractivity contribution in [3.63, 3.8) is 0 Å². The Balaban J connectivity index is 2.43. The first kappa shape index (κ1) is 9.21. The first-order valence-corrected chi connectivity index (χ1v) is 5.22. The van der Waals surface area contributed by atoms with Crippen LogP contribution in [-0.2, 0) is 7.05 Å². The van der Waals surface area contributed by atoms with Crippen molar-refractivity contribution < 1.29 is 0 Å². The molecule has 14 heavy (non-hydrogen) atoms. The van der Waals surface area contributed by atoms with E-state index in [4.69, 9.17) is 0 Å². The van der Waals surface area contributed by atoms with Crippen LogP contribution < -0.4 is 5.32 Å². The summed E-state index contributed by atoms with van der Waals surface area (Å²) in [5.41, 5.74) is 3.11. The van der Waals surface area contributed by atoms with E-state index in [0.29, 0.717) is 0 Å². The predicted octanol–water partition coefficient (Wildman–Crippen LogP) is 1.89. The van der Waals surface area contributed by atoms with Crippen molar-refractivity contribution in [2.24, 2.45) is 7.05 Å². The maximum Gasteiger partial charge on any atom is 0.182 e. The summed E-state index contributed by atoms with van der Waals surface area (Å²) in [6.45, 7) is 1.99. The molecule has 2 aromatic rings. The Kier molecular flexibility index (Phi) is 2.25. The molecule has 0 aliphatic rings. The third kappa shape index (κ3) is 1.50. The van der Waals surface area contributed by atoms with E-state index < -0.39 is 0 Å². The molecule has 0 aromatic carbocycles. The van der Waals surface area contributed by atoms with Gasteiger partial charge in [-0.1, -0.05) is 0 Å². The summed E-state index contributed by atoms with van der Waals surface area (Å²) in [5.74, 6) is 0. The molecule has 2 heterocycles. The van der Waals surface area contributed by atoms with Crippen LogP contribution in [0.15, 0.2) is 11.6 Å². The van der Waals surface area contributed by atoms with Crippen LogP contribution in [0.4, 0.5) is 5.13 Å². The van der Waals surface area contributed by atoms with E-state index >= 15 is 0 Å². The molecule has 0 amide bonds. The van der Waals surface area contributed by atoms with E-state index in [1.807, 2.05) is 37.3 Å². The largest absolute Gasteiger partial charge is 0.365 e. The summed E-state index contributed by atoms with van der Waals surface area (Å²) in [7, 11) is 3.79. The van der Waals surface area contributed by atoms with Gasteiger partial charge in [0.1, 0.15) is 0 Å². The zero-order chi connectivity index (χ0) is 10.1. The lowest BCUT2D eigenvalue weighted by Gasteiger charge is -1.91. The Morgan fingerprint density at radius 2 is 2.29 bits per heavy atom. The highest BCUT2D eigenvalue weighted by Gasteiger charge is 2.09. The Morgan fingerprint density at radius 1 is 1.50 bits per heavy atom. The van der Waals surface area contributed by atoms with Gasteiger partial charge in [-0.25, -0.2) is 4.98 Å². The van der Waals surface area contributed by atoms with Crippen molar-refractivity contribution in [3.8, 4) is 11.3 Å². The number of thiazole rings is 1. The fourth-order valence-corrected chi connectivity index (χ4v) is 2.04. The monoisotopic (exact) mass is 208 g/mol. The maximum absolute atomic E-state index is 4.43. The minimum Gasteiger partial charge on any atom is -0.365 e. The average Bonchev–Trinajstić information content (AvgIpc) is 2.71. The molecule has 0 saturated heterocycles. The molecule has 4 nitrogen and oxygen atoms in total.